The van der Waals surface area contributed by atoms with Gasteiger partial charge >= 0.3 is 0 Å². The van der Waals surface area contributed by atoms with Gasteiger partial charge in [0.2, 0.25) is 0 Å². The standard InChI is InChI=1S/C18H16/c1-2-12-6-7-15-9-8-13-4-3-5-14-10-11-16(12)18(15)17(13)14/h3,5-8,10-11H,2,4,9H2,1H3. The molecule has 0 heterocycles. The lowest BCUT2D eigenvalue weighted by Crippen LogP contribution is -2.04. The highest BCUT2D eigenvalue weighted by molar-refractivity contribution is 6.03. The van der Waals surface area contributed by atoms with E-state index in [9.17, 15) is 0 Å². The molecule has 0 saturated heterocycles. The molecule has 2 aromatic rings. The van der Waals surface area contributed by atoms with E-state index in [0.717, 1.165) is 19.3 Å². The molecule has 88 valence electrons. The summed E-state index contributed by atoms with van der Waals surface area (Å²) in [5, 5.41) is 2.99. The highest BCUT2D eigenvalue weighted by Gasteiger charge is 2.19. The van der Waals surface area contributed by atoms with Crippen LogP contribution in [0, 0.1) is 0 Å². The monoisotopic (exact) mass is 232 g/mol. The molecule has 0 saturated carbocycles. The van der Waals surface area contributed by atoms with Crippen LogP contribution in [0.1, 0.15) is 35.6 Å². The van der Waals surface area contributed by atoms with Crippen molar-refractivity contribution in [1.82, 2.24) is 0 Å². The summed E-state index contributed by atoms with van der Waals surface area (Å²) in [6.45, 7) is 2.25. The maximum absolute atomic E-state index is 2.41. The lowest BCUT2D eigenvalue weighted by atomic mass is 9.80. The van der Waals surface area contributed by atoms with Crippen molar-refractivity contribution in [2.45, 2.75) is 26.2 Å². The molecule has 0 bridgehead atoms. The average Bonchev–Trinajstić information content (AvgIpc) is 2.44. The van der Waals surface area contributed by atoms with E-state index in [0.29, 0.717) is 0 Å². The van der Waals surface area contributed by atoms with Crippen LogP contribution in [0.15, 0.2) is 36.4 Å². The molecule has 2 aliphatic rings. The molecule has 2 aromatic carbocycles. The van der Waals surface area contributed by atoms with Crippen LogP contribution in [0.3, 0.4) is 0 Å². The number of benzene rings is 2. The first-order chi connectivity index (χ1) is 8.88. The highest BCUT2D eigenvalue weighted by Crippen LogP contribution is 2.41. The SMILES string of the molecule is CCc1ccc2c3c4c(ccc13)C=CCC4=CC2. The van der Waals surface area contributed by atoms with Gasteiger partial charge in [-0.1, -0.05) is 49.4 Å². The molecule has 0 amide bonds. The van der Waals surface area contributed by atoms with E-state index in [1.54, 1.807) is 0 Å². The first kappa shape index (κ1) is 10.1. The second-order valence-corrected chi connectivity index (χ2v) is 5.23. The van der Waals surface area contributed by atoms with E-state index in [2.05, 4.69) is 49.4 Å². The van der Waals surface area contributed by atoms with Gasteiger partial charge < -0.3 is 0 Å². The van der Waals surface area contributed by atoms with Gasteiger partial charge in [0.1, 0.15) is 0 Å². The largest absolute Gasteiger partial charge is 0.0795 e. The van der Waals surface area contributed by atoms with Crippen LogP contribution in [-0.2, 0) is 12.8 Å². The van der Waals surface area contributed by atoms with Crippen molar-refractivity contribution in [3.8, 4) is 0 Å². The Morgan fingerprint density at radius 3 is 2.89 bits per heavy atom. The van der Waals surface area contributed by atoms with Crippen LogP contribution in [0.4, 0.5) is 0 Å². The fourth-order valence-corrected chi connectivity index (χ4v) is 3.39. The van der Waals surface area contributed by atoms with Crippen molar-refractivity contribution in [2.75, 3.05) is 0 Å². The number of aryl methyl sites for hydroxylation is 1. The number of rotatable bonds is 1. The van der Waals surface area contributed by atoms with Crippen molar-refractivity contribution < 1.29 is 0 Å². The Labute approximate surface area is 108 Å². The van der Waals surface area contributed by atoms with Gasteiger partial charge in [-0.3, -0.25) is 0 Å². The lowest BCUT2D eigenvalue weighted by Gasteiger charge is -2.24. The summed E-state index contributed by atoms with van der Waals surface area (Å²) in [6.07, 6.45) is 10.3. The summed E-state index contributed by atoms with van der Waals surface area (Å²) >= 11 is 0. The van der Waals surface area contributed by atoms with Crippen molar-refractivity contribution in [2.24, 2.45) is 0 Å². The van der Waals surface area contributed by atoms with Gasteiger partial charge in [0, 0.05) is 0 Å². The van der Waals surface area contributed by atoms with Crippen molar-refractivity contribution in [3.63, 3.8) is 0 Å². The minimum Gasteiger partial charge on any atom is -0.0795 e. The molecule has 0 unspecified atom stereocenters. The normalized spacial score (nSPS) is 15.9. The van der Waals surface area contributed by atoms with E-state index in [1.807, 2.05) is 0 Å². The van der Waals surface area contributed by atoms with Crippen LogP contribution in [0.25, 0.3) is 22.4 Å². The van der Waals surface area contributed by atoms with E-state index >= 15 is 0 Å². The van der Waals surface area contributed by atoms with E-state index in [-0.39, 0.29) is 0 Å². The molecule has 2 aliphatic carbocycles. The molecule has 0 nitrogen and oxygen atoms in total. The second-order valence-electron chi connectivity index (χ2n) is 5.23. The fourth-order valence-electron chi connectivity index (χ4n) is 3.39. The van der Waals surface area contributed by atoms with Crippen LogP contribution >= 0.6 is 0 Å². The zero-order valence-corrected chi connectivity index (χ0v) is 10.7. The molecule has 4 rings (SSSR count). The molecule has 0 aliphatic heterocycles. The van der Waals surface area contributed by atoms with E-state index < -0.39 is 0 Å². The van der Waals surface area contributed by atoms with Gasteiger partial charge in [0.05, 0.1) is 0 Å². The quantitative estimate of drug-likeness (QED) is 0.665. The molecule has 0 spiro atoms. The zero-order chi connectivity index (χ0) is 12.1. The van der Waals surface area contributed by atoms with Crippen LogP contribution in [0.5, 0.6) is 0 Å². The third kappa shape index (κ3) is 1.21. The maximum Gasteiger partial charge on any atom is -0.00646 e. The zero-order valence-electron chi connectivity index (χ0n) is 10.7. The maximum atomic E-state index is 2.41. The predicted molar refractivity (Wildman–Crippen MR) is 78.7 cm³/mol. The topological polar surface area (TPSA) is 0 Å². The van der Waals surface area contributed by atoms with Gasteiger partial charge in [-0.2, -0.15) is 0 Å². The first-order valence-electron chi connectivity index (χ1n) is 6.82. The molecule has 0 atom stereocenters. The van der Waals surface area contributed by atoms with Gasteiger partial charge in [-0.05, 0) is 57.9 Å². The summed E-state index contributed by atoms with van der Waals surface area (Å²) in [5.41, 5.74) is 7.41. The smallest absolute Gasteiger partial charge is 0.00646 e. The summed E-state index contributed by atoms with van der Waals surface area (Å²) in [4.78, 5) is 0. The summed E-state index contributed by atoms with van der Waals surface area (Å²) in [5.74, 6) is 0. The third-order valence-electron chi connectivity index (χ3n) is 4.30. The van der Waals surface area contributed by atoms with Crippen LogP contribution in [-0.4, -0.2) is 0 Å². The predicted octanol–water partition coefficient (Wildman–Crippen LogP) is 4.76. The van der Waals surface area contributed by atoms with Crippen molar-refractivity contribution in [1.29, 1.82) is 0 Å². The van der Waals surface area contributed by atoms with Crippen molar-refractivity contribution in [3.05, 3.63) is 58.7 Å². The Hall–Kier alpha value is -1.82. The van der Waals surface area contributed by atoms with Crippen molar-refractivity contribution >= 4 is 22.4 Å². The Morgan fingerprint density at radius 1 is 1.06 bits per heavy atom. The Bertz CT molecular complexity index is 714. The third-order valence-corrected chi connectivity index (χ3v) is 4.30. The highest BCUT2D eigenvalue weighted by atomic mass is 14.2. The molecular weight excluding hydrogens is 216 g/mol. The molecule has 0 fully saturated rings. The summed E-state index contributed by atoms with van der Waals surface area (Å²) in [6, 6.07) is 9.24. The van der Waals surface area contributed by atoms with Crippen LogP contribution in [0.2, 0.25) is 0 Å². The minimum absolute atomic E-state index is 1.10. The molecule has 18 heavy (non-hydrogen) atoms. The molecule has 0 N–H and O–H groups in total. The summed E-state index contributed by atoms with van der Waals surface area (Å²) in [7, 11) is 0. The first-order valence-corrected chi connectivity index (χ1v) is 6.82. The Morgan fingerprint density at radius 2 is 2.00 bits per heavy atom. The fraction of sp³-hybridized carbons (Fsp3) is 0.222. The lowest BCUT2D eigenvalue weighted by molar-refractivity contribution is 1.15. The minimum atomic E-state index is 1.10. The molecule has 0 heteroatoms. The number of allylic oxidation sites excluding steroid dienone is 3. The van der Waals surface area contributed by atoms with Gasteiger partial charge in [-0.25, -0.2) is 0 Å². The number of hydrogen-bond acceptors (Lipinski definition) is 0. The Balaban J connectivity index is 2.21. The second kappa shape index (κ2) is 3.58. The Kier molecular flexibility index (Phi) is 2.02. The molecular formula is C18H16. The van der Waals surface area contributed by atoms with Gasteiger partial charge in [-0.15, -0.1) is 0 Å². The van der Waals surface area contributed by atoms with Gasteiger partial charge in [0.15, 0.2) is 0 Å². The van der Waals surface area contributed by atoms with E-state index in [1.165, 1.54) is 38.6 Å². The molecule has 0 radical (unpaired) electrons. The average molecular weight is 232 g/mol. The summed E-state index contributed by atoms with van der Waals surface area (Å²) < 4.78 is 0. The van der Waals surface area contributed by atoms with Gasteiger partial charge in [0.25, 0.3) is 0 Å². The molecule has 0 aromatic heterocycles. The van der Waals surface area contributed by atoms with E-state index in [4.69, 9.17) is 0 Å². The van der Waals surface area contributed by atoms with Crippen LogP contribution < -0.4 is 0 Å². The number of hydrogen-bond donors (Lipinski definition) is 0.